The Morgan fingerprint density at radius 2 is 1.84 bits per heavy atom. The summed E-state index contributed by atoms with van der Waals surface area (Å²) in [7, 11) is 0. The Hall–Kier alpha value is -1.79. The van der Waals surface area contributed by atoms with Crippen LogP contribution >= 0.6 is 23.2 Å². The molecule has 2 amide bonds. The minimum Gasteiger partial charge on any atom is -0.455 e. The fraction of sp³-hybridized carbons (Fsp3) is 0.471. The Labute approximate surface area is 156 Å². The average Bonchev–Trinajstić information content (AvgIpc) is 3.07. The van der Waals surface area contributed by atoms with Gasteiger partial charge in [-0.05, 0) is 38.0 Å². The lowest BCUT2D eigenvalue weighted by molar-refractivity contribution is -0.153. The molecule has 1 aromatic carbocycles. The van der Waals surface area contributed by atoms with Crippen molar-refractivity contribution in [2.75, 3.05) is 18.5 Å². The van der Waals surface area contributed by atoms with Gasteiger partial charge in [0.25, 0.3) is 5.91 Å². The number of amides is 2. The normalized spacial score (nSPS) is 20.5. The number of carbonyl (C=O) groups is 3. The van der Waals surface area contributed by atoms with Crippen LogP contribution in [0.1, 0.15) is 24.5 Å². The predicted octanol–water partition coefficient (Wildman–Crippen LogP) is 2.49. The molecule has 0 spiro atoms. The molecule has 8 heteroatoms. The van der Waals surface area contributed by atoms with Crippen molar-refractivity contribution in [3.8, 4) is 0 Å². The van der Waals surface area contributed by atoms with Gasteiger partial charge in [-0.15, -0.1) is 23.2 Å². The second-order valence-corrected chi connectivity index (χ2v) is 7.85. The molecule has 0 unspecified atom stereocenters. The van der Waals surface area contributed by atoms with Crippen LogP contribution in [0.25, 0.3) is 0 Å². The van der Waals surface area contributed by atoms with Gasteiger partial charge in [0.1, 0.15) is 9.75 Å². The second kappa shape index (κ2) is 7.22. The van der Waals surface area contributed by atoms with E-state index in [1.807, 2.05) is 26.0 Å². The van der Waals surface area contributed by atoms with Gasteiger partial charge in [0.05, 0.1) is 6.54 Å². The maximum absolute atomic E-state index is 11.9. The van der Waals surface area contributed by atoms with Crippen LogP contribution in [0.4, 0.5) is 5.69 Å². The molecule has 25 heavy (non-hydrogen) atoms. The minimum atomic E-state index is -1.15. The van der Waals surface area contributed by atoms with Crippen molar-refractivity contribution in [3.63, 3.8) is 0 Å². The lowest BCUT2D eigenvalue weighted by atomic mass is 10.1. The molecule has 0 radical (unpaired) electrons. The van der Waals surface area contributed by atoms with Crippen molar-refractivity contribution in [2.24, 2.45) is 5.41 Å². The number of rotatable bonds is 6. The number of aryl methyl sites for hydroxylation is 1. The highest BCUT2D eigenvalue weighted by Gasteiger charge is 2.69. The number of hydrogen-bond donors (Lipinski definition) is 2. The standard InChI is InChI=1S/C17H20Cl2N2O4/c1-10-5-4-6-12(11(10)2)21-13(22)7-20-14(23)8-25-15(24)16(3)9-17(16,18)19/h4-6H,7-9H2,1-3H3,(H,20,23)(H,21,22)/t16-/m1/s1. The van der Waals surface area contributed by atoms with Crippen molar-refractivity contribution >= 4 is 46.7 Å². The van der Waals surface area contributed by atoms with Gasteiger partial charge in [0.2, 0.25) is 5.91 Å². The quantitative estimate of drug-likeness (QED) is 0.580. The number of carbonyl (C=O) groups excluding carboxylic acids is 3. The third-order valence-corrected chi connectivity index (χ3v) is 5.47. The van der Waals surface area contributed by atoms with Crippen LogP contribution in [0.2, 0.25) is 0 Å². The molecule has 1 aromatic rings. The van der Waals surface area contributed by atoms with Crippen LogP contribution in [-0.4, -0.2) is 35.3 Å². The molecule has 2 rings (SSSR count). The van der Waals surface area contributed by atoms with Crippen LogP contribution in [0.5, 0.6) is 0 Å². The van der Waals surface area contributed by atoms with E-state index in [0.29, 0.717) is 5.69 Å². The first-order valence-electron chi connectivity index (χ1n) is 7.74. The van der Waals surface area contributed by atoms with Gasteiger partial charge in [0.15, 0.2) is 6.61 Å². The molecule has 1 aliphatic carbocycles. The second-order valence-electron chi connectivity index (χ2n) is 6.36. The highest BCUT2D eigenvalue weighted by molar-refractivity contribution is 6.53. The Balaban J connectivity index is 1.74. The number of alkyl halides is 2. The zero-order chi connectivity index (χ0) is 18.8. The maximum Gasteiger partial charge on any atom is 0.315 e. The molecule has 1 fully saturated rings. The number of hydrogen-bond acceptors (Lipinski definition) is 4. The summed E-state index contributed by atoms with van der Waals surface area (Å²) in [4.78, 5) is 35.4. The first-order chi connectivity index (χ1) is 11.6. The Morgan fingerprint density at radius 1 is 1.20 bits per heavy atom. The Morgan fingerprint density at radius 3 is 2.44 bits per heavy atom. The molecular formula is C17H20Cl2N2O4. The van der Waals surface area contributed by atoms with Crippen molar-refractivity contribution in [2.45, 2.75) is 31.5 Å². The van der Waals surface area contributed by atoms with Crippen LogP contribution in [0.15, 0.2) is 18.2 Å². The molecule has 2 N–H and O–H groups in total. The van der Waals surface area contributed by atoms with E-state index >= 15 is 0 Å². The molecule has 6 nitrogen and oxygen atoms in total. The van der Waals surface area contributed by atoms with Crippen LogP contribution in [0.3, 0.4) is 0 Å². The zero-order valence-corrected chi connectivity index (χ0v) is 15.8. The lowest BCUT2D eigenvalue weighted by Crippen LogP contribution is -2.36. The maximum atomic E-state index is 11.9. The van der Waals surface area contributed by atoms with E-state index in [1.165, 1.54) is 0 Å². The van der Waals surface area contributed by atoms with Gasteiger partial charge in [-0.25, -0.2) is 0 Å². The van der Waals surface area contributed by atoms with Crippen LogP contribution in [0, 0.1) is 19.3 Å². The van der Waals surface area contributed by atoms with E-state index in [9.17, 15) is 14.4 Å². The van der Waals surface area contributed by atoms with E-state index in [1.54, 1.807) is 13.0 Å². The first kappa shape index (κ1) is 19.5. The lowest BCUT2D eigenvalue weighted by Gasteiger charge is -2.12. The molecule has 0 heterocycles. The monoisotopic (exact) mass is 386 g/mol. The highest BCUT2D eigenvalue weighted by Crippen LogP contribution is 2.64. The molecule has 1 aliphatic rings. The van der Waals surface area contributed by atoms with E-state index in [-0.39, 0.29) is 18.9 Å². The van der Waals surface area contributed by atoms with Crippen molar-refractivity contribution in [3.05, 3.63) is 29.3 Å². The van der Waals surface area contributed by atoms with Gasteiger partial charge in [-0.3, -0.25) is 14.4 Å². The van der Waals surface area contributed by atoms with Gasteiger partial charge in [-0.1, -0.05) is 12.1 Å². The topological polar surface area (TPSA) is 84.5 Å². The fourth-order valence-corrected chi connectivity index (χ4v) is 2.91. The third kappa shape index (κ3) is 4.44. The molecule has 0 aromatic heterocycles. The van der Waals surface area contributed by atoms with E-state index in [0.717, 1.165) is 11.1 Å². The highest BCUT2D eigenvalue weighted by atomic mass is 35.5. The molecule has 0 aliphatic heterocycles. The summed E-state index contributed by atoms with van der Waals surface area (Å²) in [5.74, 6) is -1.58. The van der Waals surface area contributed by atoms with E-state index in [2.05, 4.69) is 10.6 Å². The summed E-state index contributed by atoms with van der Waals surface area (Å²) in [5, 5.41) is 5.11. The Bertz CT molecular complexity index is 721. The van der Waals surface area contributed by atoms with Crippen molar-refractivity contribution in [1.29, 1.82) is 0 Å². The number of esters is 1. The molecule has 136 valence electrons. The largest absolute Gasteiger partial charge is 0.455 e. The molecule has 1 atom stereocenters. The van der Waals surface area contributed by atoms with Crippen LogP contribution in [-0.2, 0) is 19.1 Å². The molecule has 1 saturated carbocycles. The van der Waals surface area contributed by atoms with Gasteiger partial charge in [-0.2, -0.15) is 0 Å². The minimum absolute atomic E-state index is 0.226. The summed E-state index contributed by atoms with van der Waals surface area (Å²) in [5.41, 5.74) is 1.71. The zero-order valence-electron chi connectivity index (χ0n) is 14.2. The van der Waals surface area contributed by atoms with Gasteiger partial charge >= 0.3 is 5.97 Å². The number of halogens is 2. The summed E-state index contributed by atoms with van der Waals surface area (Å²) in [6.45, 7) is 4.70. The van der Waals surface area contributed by atoms with Crippen molar-refractivity contribution < 1.29 is 19.1 Å². The summed E-state index contributed by atoms with van der Waals surface area (Å²) in [6, 6.07) is 5.56. The van der Waals surface area contributed by atoms with Crippen molar-refractivity contribution in [1.82, 2.24) is 5.32 Å². The molecule has 0 saturated heterocycles. The first-order valence-corrected chi connectivity index (χ1v) is 8.50. The van der Waals surface area contributed by atoms with E-state index in [4.69, 9.17) is 27.9 Å². The number of benzene rings is 1. The number of anilines is 1. The number of ether oxygens (including phenoxy) is 1. The summed E-state index contributed by atoms with van der Waals surface area (Å²) >= 11 is 11.7. The molecular weight excluding hydrogens is 367 g/mol. The number of nitrogens with one attached hydrogen (secondary N) is 2. The summed E-state index contributed by atoms with van der Waals surface area (Å²) in [6.07, 6.45) is 0.280. The Kier molecular flexibility index (Phi) is 5.64. The summed E-state index contributed by atoms with van der Waals surface area (Å²) < 4.78 is 3.75. The third-order valence-electron chi connectivity index (χ3n) is 4.37. The fourth-order valence-electron chi connectivity index (χ4n) is 2.22. The van der Waals surface area contributed by atoms with Gasteiger partial charge < -0.3 is 15.4 Å². The van der Waals surface area contributed by atoms with E-state index < -0.39 is 28.2 Å². The molecule has 0 bridgehead atoms. The average molecular weight is 387 g/mol. The SMILES string of the molecule is Cc1cccc(NC(=O)CNC(=O)COC(=O)[C@@]2(C)CC2(Cl)Cl)c1C. The predicted molar refractivity (Wildman–Crippen MR) is 95.7 cm³/mol. The van der Waals surface area contributed by atoms with Crippen LogP contribution < -0.4 is 10.6 Å². The smallest absolute Gasteiger partial charge is 0.315 e. The van der Waals surface area contributed by atoms with Gasteiger partial charge in [0, 0.05) is 12.1 Å².